The molecular formula is C47H38N8O. The van der Waals surface area contributed by atoms with Crippen LogP contribution in [0.3, 0.4) is 0 Å². The van der Waals surface area contributed by atoms with Crippen LogP contribution in [0.25, 0.3) is 0 Å². The van der Waals surface area contributed by atoms with Gasteiger partial charge in [-0.25, -0.2) is 30.0 Å². The van der Waals surface area contributed by atoms with Crippen molar-refractivity contribution in [2.45, 2.75) is 27.7 Å². The zero-order valence-corrected chi connectivity index (χ0v) is 31.4. The number of aliphatic imine (C=N–C) groups is 6. The summed E-state index contributed by atoms with van der Waals surface area (Å²) in [6, 6.07) is 46.7. The van der Waals surface area contributed by atoms with Gasteiger partial charge in [0.1, 0.15) is 0 Å². The Labute approximate surface area is 325 Å². The fourth-order valence-corrected chi connectivity index (χ4v) is 5.99. The zero-order valence-electron chi connectivity index (χ0n) is 31.4. The van der Waals surface area contributed by atoms with E-state index in [2.05, 4.69) is 10.6 Å². The molecule has 9 heteroatoms. The summed E-state index contributed by atoms with van der Waals surface area (Å²) < 4.78 is 0. The number of hydrogen-bond acceptors (Lipinski definition) is 7. The number of carbonyl (C=O) groups is 1. The van der Waals surface area contributed by atoms with Gasteiger partial charge in [-0.3, -0.25) is 4.79 Å². The maximum Gasteiger partial charge on any atom is 0.198 e. The molecule has 0 bridgehead atoms. The van der Waals surface area contributed by atoms with Gasteiger partial charge in [-0.2, -0.15) is 0 Å². The van der Waals surface area contributed by atoms with E-state index in [1.54, 1.807) is 24.3 Å². The standard InChI is InChI=1S/C47H38N8O/c1-29-5-21-37(22-6-29)48-44-45(49-38-23-7-30(2)8-24-38)53-42(52-44)35-17-13-33(14-18-35)41(56)34-15-19-36(20-16-34)43-54-46(50-39-25-9-31(3)10-26-39)47(55-43)51-40-27-11-32(4)12-28-40/h5-28H,1-4H3,(H,48,49,52,53)(H,50,51,54,55). The second-order valence-corrected chi connectivity index (χ2v) is 13.8. The van der Waals surface area contributed by atoms with Crippen LogP contribution in [-0.4, -0.2) is 40.8 Å². The minimum atomic E-state index is -0.108. The normalized spacial score (nSPS) is 15.0. The van der Waals surface area contributed by atoms with Crippen molar-refractivity contribution in [2.75, 3.05) is 10.6 Å². The first-order chi connectivity index (χ1) is 27.2. The molecule has 6 aromatic rings. The van der Waals surface area contributed by atoms with Crippen molar-refractivity contribution in [1.82, 2.24) is 0 Å². The predicted octanol–water partition coefficient (Wildman–Crippen LogP) is 10.2. The van der Waals surface area contributed by atoms with Gasteiger partial charge >= 0.3 is 0 Å². The maximum atomic E-state index is 13.7. The van der Waals surface area contributed by atoms with Gasteiger partial charge < -0.3 is 10.6 Å². The SMILES string of the molecule is Cc1ccc(N=C2N=C(c3ccc(C(=O)c4ccc(C5=NC(=Nc6ccc(C)cc6)C(Nc6ccc(C)cc6)=N5)cc4)cc3)N=C2Nc2ccc(C)cc2)cc1. The van der Waals surface area contributed by atoms with Crippen LogP contribution in [0.4, 0.5) is 22.7 Å². The summed E-state index contributed by atoms with van der Waals surface area (Å²) in [5, 5.41) is 6.76. The minimum absolute atomic E-state index is 0.108. The first-order valence-corrected chi connectivity index (χ1v) is 18.3. The van der Waals surface area contributed by atoms with Crippen molar-refractivity contribution < 1.29 is 4.79 Å². The van der Waals surface area contributed by atoms with Gasteiger partial charge in [0.15, 0.2) is 40.8 Å². The lowest BCUT2D eigenvalue weighted by Gasteiger charge is -2.06. The minimum Gasteiger partial charge on any atom is -0.337 e. The Bertz CT molecular complexity index is 2430. The van der Waals surface area contributed by atoms with Gasteiger partial charge in [0.25, 0.3) is 0 Å². The molecule has 0 saturated heterocycles. The molecule has 8 rings (SSSR count). The van der Waals surface area contributed by atoms with Crippen molar-refractivity contribution in [3.8, 4) is 0 Å². The molecule has 9 nitrogen and oxygen atoms in total. The van der Waals surface area contributed by atoms with Crippen LogP contribution in [0.5, 0.6) is 0 Å². The largest absolute Gasteiger partial charge is 0.337 e. The lowest BCUT2D eigenvalue weighted by molar-refractivity contribution is 0.103. The molecule has 2 aliphatic heterocycles. The van der Waals surface area contributed by atoms with Crippen LogP contribution in [0.2, 0.25) is 0 Å². The van der Waals surface area contributed by atoms with Crippen LogP contribution >= 0.6 is 0 Å². The summed E-state index contributed by atoms with van der Waals surface area (Å²) in [7, 11) is 0. The van der Waals surface area contributed by atoms with Crippen molar-refractivity contribution in [1.29, 1.82) is 0 Å². The Kier molecular flexibility index (Phi) is 9.88. The molecule has 0 radical (unpaired) electrons. The molecular weight excluding hydrogens is 693 g/mol. The van der Waals surface area contributed by atoms with Crippen LogP contribution in [0.1, 0.15) is 49.3 Å². The van der Waals surface area contributed by atoms with Crippen molar-refractivity contribution in [3.05, 3.63) is 190 Å². The van der Waals surface area contributed by atoms with Gasteiger partial charge in [0.05, 0.1) is 11.4 Å². The number of carbonyl (C=O) groups excluding carboxylic acids is 1. The number of anilines is 2. The number of nitrogens with one attached hydrogen (secondary N) is 2. The smallest absolute Gasteiger partial charge is 0.198 e. The average Bonchev–Trinajstić information content (AvgIpc) is 3.81. The lowest BCUT2D eigenvalue weighted by atomic mass is 10.0. The van der Waals surface area contributed by atoms with Crippen LogP contribution < -0.4 is 10.6 Å². The van der Waals surface area contributed by atoms with E-state index >= 15 is 0 Å². The van der Waals surface area contributed by atoms with E-state index in [0.29, 0.717) is 46.1 Å². The highest BCUT2D eigenvalue weighted by Gasteiger charge is 2.22. The molecule has 0 aliphatic carbocycles. The molecule has 0 aromatic heterocycles. The van der Waals surface area contributed by atoms with Crippen LogP contribution in [0, 0.1) is 27.7 Å². The number of nitrogens with zero attached hydrogens (tertiary/aromatic N) is 6. The van der Waals surface area contributed by atoms with E-state index in [-0.39, 0.29) is 5.78 Å². The van der Waals surface area contributed by atoms with E-state index in [9.17, 15) is 4.79 Å². The number of benzene rings is 6. The number of aryl methyl sites for hydroxylation is 4. The summed E-state index contributed by atoms with van der Waals surface area (Å²) in [5.41, 5.74) is 10.6. The van der Waals surface area contributed by atoms with Gasteiger partial charge in [0.2, 0.25) is 0 Å². The highest BCUT2D eigenvalue weighted by molar-refractivity contribution is 6.52. The Balaban J connectivity index is 1.01. The highest BCUT2D eigenvalue weighted by Crippen LogP contribution is 2.22. The van der Waals surface area contributed by atoms with Gasteiger partial charge in [-0.1, -0.05) is 119 Å². The Morgan fingerprint density at radius 2 is 0.732 bits per heavy atom. The fraction of sp³-hybridized carbons (Fsp3) is 0.0851. The molecule has 2 heterocycles. The number of ketones is 1. The third-order valence-electron chi connectivity index (χ3n) is 9.26. The fourth-order valence-electron chi connectivity index (χ4n) is 5.99. The predicted molar refractivity (Wildman–Crippen MR) is 230 cm³/mol. The summed E-state index contributed by atoms with van der Waals surface area (Å²) in [6.07, 6.45) is 0. The summed E-state index contributed by atoms with van der Waals surface area (Å²) in [5.74, 6) is 2.96. The molecule has 0 spiro atoms. The number of hydrogen-bond donors (Lipinski definition) is 2. The van der Waals surface area contributed by atoms with Gasteiger partial charge in [0, 0.05) is 33.6 Å². The number of rotatable bonds is 8. The number of amidine groups is 6. The molecule has 0 amide bonds. The molecule has 0 saturated carbocycles. The first-order valence-electron chi connectivity index (χ1n) is 18.3. The first kappa shape index (κ1) is 35.6. The van der Waals surface area contributed by atoms with E-state index in [0.717, 1.165) is 56.1 Å². The van der Waals surface area contributed by atoms with E-state index in [1.165, 1.54) is 0 Å². The average molecular weight is 731 g/mol. The third-order valence-corrected chi connectivity index (χ3v) is 9.26. The van der Waals surface area contributed by atoms with E-state index in [4.69, 9.17) is 30.0 Å². The summed E-state index contributed by atoms with van der Waals surface area (Å²) >= 11 is 0. The van der Waals surface area contributed by atoms with Gasteiger partial charge in [-0.05, 0) is 76.2 Å². The highest BCUT2D eigenvalue weighted by atomic mass is 16.1. The second kappa shape index (κ2) is 15.5. The zero-order chi connectivity index (χ0) is 38.6. The van der Waals surface area contributed by atoms with Crippen LogP contribution in [0.15, 0.2) is 176 Å². The Morgan fingerprint density at radius 3 is 1.07 bits per heavy atom. The third kappa shape index (κ3) is 8.22. The topological polar surface area (TPSA) is 115 Å². The molecule has 56 heavy (non-hydrogen) atoms. The maximum absolute atomic E-state index is 13.7. The molecule has 6 aromatic carbocycles. The Morgan fingerprint density at radius 1 is 0.411 bits per heavy atom. The molecule has 0 fully saturated rings. The summed E-state index contributed by atoms with van der Waals surface area (Å²) in [4.78, 5) is 42.5. The molecule has 0 atom stereocenters. The monoisotopic (exact) mass is 730 g/mol. The van der Waals surface area contributed by atoms with E-state index in [1.807, 2.05) is 149 Å². The van der Waals surface area contributed by atoms with Gasteiger partial charge in [-0.15, -0.1) is 0 Å². The van der Waals surface area contributed by atoms with E-state index < -0.39 is 0 Å². The quantitative estimate of drug-likeness (QED) is 0.152. The molecule has 0 unspecified atom stereocenters. The Hall–Kier alpha value is -7.39. The molecule has 2 N–H and O–H groups in total. The second-order valence-electron chi connectivity index (χ2n) is 13.8. The van der Waals surface area contributed by atoms with Crippen molar-refractivity contribution in [2.24, 2.45) is 30.0 Å². The van der Waals surface area contributed by atoms with Crippen LogP contribution in [-0.2, 0) is 0 Å². The van der Waals surface area contributed by atoms with Crippen molar-refractivity contribution >= 4 is 63.5 Å². The lowest BCUT2D eigenvalue weighted by Crippen LogP contribution is -2.18. The summed E-state index contributed by atoms with van der Waals surface area (Å²) in [6.45, 7) is 8.18. The molecule has 272 valence electrons. The molecule has 2 aliphatic rings. The van der Waals surface area contributed by atoms with Crippen molar-refractivity contribution in [3.63, 3.8) is 0 Å².